The number of likely N-dealkylation sites (tertiary alicyclic amines) is 1. The van der Waals surface area contributed by atoms with Crippen molar-refractivity contribution >= 4 is 16.0 Å². The van der Waals surface area contributed by atoms with E-state index in [0.717, 1.165) is 19.4 Å². The maximum Gasteiger partial charge on any atom is 0.305 e. The maximum absolute atomic E-state index is 11.7. The van der Waals surface area contributed by atoms with Crippen LogP contribution in [0.15, 0.2) is 0 Å². The van der Waals surface area contributed by atoms with Crippen molar-refractivity contribution < 1.29 is 17.9 Å². The first-order chi connectivity index (χ1) is 8.44. The minimum Gasteiger partial charge on any atom is -0.469 e. The van der Waals surface area contributed by atoms with Gasteiger partial charge >= 0.3 is 5.97 Å². The second-order valence-corrected chi connectivity index (χ2v) is 6.55. The average Bonchev–Trinajstić information content (AvgIpc) is 2.72. The highest BCUT2D eigenvalue weighted by atomic mass is 32.2. The second-order valence-electron chi connectivity index (χ2n) is 4.62. The number of esters is 1. The fourth-order valence-corrected chi connectivity index (χ4v) is 3.16. The molecule has 1 rings (SSSR count). The Morgan fingerprint density at radius 2 is 2.22 bits per heavy atom. The van der Waals surface area contributed by atoms with Crippen LogP contribution in [0.2, 0.25) is 0 Å². The van der Waals surface area contributed by atoms with Gasteiger partial charge < -0.3 is 9.64 Å². The third-order valence-corrected chi connectivity index (χ3v) is 4.66. The predicted octanol–water partition coefficient (Wildman–Crippen LogP) is -0.0468. The van der Waals surface area contributed by atoms with Gasteiger partial charge in [0.15, 0.2) is 0 Å². The molecule has 18 heavy (non-hydrogen) atoms. The summed E-state index contributed by atoms with van der Waals surface area (Å²) in [7, 11) is 0.0190. The van der Waals surface area contributed by atoms with E-state index >= 15 is 0 Å². The molecule has 0 radical (unpaired) electrons. The third kappa shape index (κ3) is 5.32. The zero-order chi connectivity index (χ0) is 13.6. The highest BCUT2D eigenvalue weighted by Crippen LogP contribution is 2.13. The molecule has 0 aromatic rings. The van der Waals surface area contributed by atoms with E-state index in [9.17, 15) is 13.2 Å². The Labute approximate surface area is 109 Å². The highest BCUT2D eigenvalue weighted by Gasteiger charge is 2.22. The van der Waals surface area contributed by atoms with Gasteiger partial charge in [-0.25, -0.2) is 13.1 Å². The minimum absolute atomic E-state index is 0.0292. The van der Waals surface area contributed by atoms with Crippen molar-refractivity contribution in [2.45, 2.75) is 31.7 Å². The Kier molecular flexibility index (Phi) is 6.04. The van der Waals surface area contributed by atoms with Crippen LogP contribution >= 0.6 is 0 Å². The van der Waals surface area contributed by atoms with Gasteiger partial charge in [-0.3, -0.25) is 4.79 Å². The van der Waals surface area contributed by atoms with Crippen molar-refractivity contribution in [3.8, 4) is 0 Å². The van der Waals surface area contributed by atoms with Crippen LogP contribution in [-0.2, 0) is 19.6 Å². The molecule has 6 nitrogen and oxygen atoms in total. The summed E-state index contributed by atoms with van der Waals surface area (Å²) >= 11 is 0. The second kappa shape index (κ2) is 7.06. The van der Waals surface area contributed by atoms with E-state index in [1.807, 2.05) is 7.05 Å². The summed E-state index contributed by atoms with van der Waals surface area (Å²) in [6.45, 7) is 1.48. The quantitative estimate of drug-likeness (QED) is 0.661. The van der Waals surface area contributed by atoms with Crippen molar-refractivity contribution in [3.63, 3.8) is 0 Å². The van der Waals surface area contributed by atoms with Gasteiger partial charge in [-0.05, 0) is 32.9 Å². The molecule has 7 heteroatoms. The molecule has 1 fully saturated rings. The molecule has 1 aliphatic rings. The molecule has 106 valence electrons. The standard InChI is InChI=1S/C11H22N2O4S/c1-13-7-3-5-10(13)9-12-18(15,16)8-4-6-11(14)17-2/h10,12H,3-9H2,1-2H3. The van der Waals surface area contributed by atoms with Crippen LogP contribution in [0.4, 0.5) is 0 Å². The van der Waals surface area contributed by atoms with Crippen molar-refractivity contribution in [3.05, 3.63) is 0 Å². The van der Waals surface area contributed by atoms with E-state index in [1.165, 1.54) is 7.11 Å². The molecule has 1 atom stereocenters. The zero-order valence-corrected chi connectivity index (χ0v) is 11.8. The molecule has 1 unspecified atom stereocenters. The largest absolute Gasteiger partial charge is 0.469 e. The first-order valence-electron chi connectivity index (χ1n) is 6.19. The molecule has 0 saturated carbocycles. The molecule has 0 aromatic carbocycles. The van der Waals surface area contributed by atoms with Gasteiger partial charge in [0, 0.05) is 19.0 Å². The number of likely N-dealkylation sites (N-methyl/N-ethyl adjacent to an activating group) is 1. The van der Waals surface area contributed by atoms with Gasteiger partial charge in [-0.2, -0.15) is 0 Å². The number of hydrogen-bond donors (Lipinski definition) is 1. The number of ether oxygens (including phenoxy) is 1. The predicted molar refractivity (Wildman–Crippen MR) is 68.7 cm³/mol. The van der Waals surface area contributed by atoms with E-state index in [1.54, 1.807) is 0 Å². The number of nitrogens with one attached hydrogen (secondary N) is 1. The number of rotatable bonds is 7. The molecule has 1 heterocycles. The first-order valence-corrected chi connectivity index (χ1v) is 7.84. The number of carbonyl (C=O) groups is 1. The zero-order valence-electron chi connectivity index (χ0n) is 11.0. The van der Waals surface area contributed by atoms with Gasteiger partial charge in [0.25, 0.3) is 0 Å². The number of nitrogens with zero attached hydrogens (tertiary/aromatic N) is 1. The molecule has 1 saturated heterocycles. The monoisotopic (exact) mass is 278 g/mol. The van der Waals surface area contributed by atoms with Crippen molar-refractivity contribution in [2.24, 2.45) is 0 Å². The average molecular weight is 278 g/mol. The summed E-state index contributed by atoms with van der Waals surface area (Å²) in [5, 5.41) is 0. The van der Waals surface area contributed by atoms with Crippen LogP contribution < -0.4 is 4.72 Å². The lowest BCUT2D eigenvalue weighted by atomic mass is 10.2. The van der Waals surface area contributed by atoms with Crippen LogP contribution in [0.25, 0.3) is 0 Å². The molecule has 1 N–H and O–H groups in total. The lowest BCUT2D eigenvalue weighted by molar-refractivity contribution is -0.140. The summed E-state index contributed by atoms with van der Waals surface area (Å²) in [6, 6.07) is 0.292. The number of sulfonamides is 1. The van der Waals surface area contributed by atoms with E-state index in [4.69, 9.17) is 0 Å². The summed E-state index contributed by atoms with van der Waals surface area (Å²) < 4.78 is 30.4. The van der Waals surface area contributed by atoms with Crippen LogP contribution in [0.3, 0.4) is 0 Å². The molecular formula is C11H22N2O4S. The molecule has 0 aliphatic carbocycles. The Morgan fingerprint density at radius 3 is 2.78 bits per heavy atom. The van der Waals surface area contributed by atoms with Gasteiger partial charge in [0.05, 0.1) is 12.9 Å². The van der Waals surface area contributed by atoms with E-state index < -0.39 is 10.0 Å². The highest BCUT2D eigenvalue weighted by molar-refractivity contribution is 7.89. The van der Waals surface area contributed by atoms with Gasteiger partial charge in [0.1, 0.15) is 0 Å². The summed E-state index contributed by atoms with van der Waals surface area (Å²) in [6.07, 6.45) is 2.58. The summed E-state index contributed by atoms with van der Waals surface area (Å²) in [5.41, 5.74) is 0. The fraction of sp³-hybridized carbons (Fsp3) is 0.909. The normalized spacial score (nSPS) is 21.1. The Morgan fingerprint density at radius 1 is 1.50 bits per heavy atom. The SMILES string of the molecule is COC(=O)CCCS(=O)(=O)NCC1CCCN1C. The van der Waals surface area contributed by atoms with Crippen molar-refractivity contribution in [2.75, 3.05) is 33.0 Å². The molecule has 0 amide bonds. The van der Waals surface area contributed by atoms with Crippen LogP contribution in [0.1, 0.15) is 25.7 Å². The number of carbonyl (C=O) groups excluding carboxylic acids is 1. The Bertz CT molecular complexity index is 369. The van der Waals surface area contributed by atoms with Gasteiger partial charge in [-0.15, -0.1) is 0 Å². The topological polar surface area (TPSA) is 75.7 Å². The van der Waals surface area contributed by atoms with Gasteiger partial charge in [0.2, 0.25) is 10.0 Å². The lowest BCUT2D eigenvalue weighted by Crippen LogP contribution is -2.39. The molecule has 0 bridgehead atoms. The lowest BCUT2D eigenvalue weighted by Gasteiger charge is -2.19. The van der Waals surface area contributed by atoms with Crippen LogP contribution in [-0.4, -0.2) is 58.3 Å². The van der Waals surface area contributed by atoms with Crippen molar-refractivity contribution in [1.82, 2.24) is 9.62 Å². The molecule has 0 spiro atoms. The summed E-state index contributed by atoms with van der Waals surface area (Å²) in [4.78, 5) is 13.0. The smallest absolute Gasteiger partial charge is 0.305 e. The fourth-order valence-electron chi connectivity index (χ4n) is 2.04. The van der Waals surface area contributed by atoms with E-state index in [0.29, 0.717) is 19.0 Å². The minimum atomic E-state index is -3.28. The Hall–Kier alpha value is -0.660. The number of methoxy groups -OCH3 is 1. The Balaban J connectivity index is 2.25. The molecule has 0 aromatic heterocycles. The first kappa shape index (κ1) is 15.4. The van der Waals surface area contributed by atoms with Gasteiger partial charge in [-0.1, -0.05) is 0 Å². The van der Waals surface area contributed by atoms with Crippen molar-refractivity contribution in [1.29, 1.82) is 0 Å². The molecule has 1 aliphatic heterocycles. The van der Waals surface area contributed by atoms with Crippen LogP contribution in [0, 0.1) is 0 Å². The van der Waals surface area contributed by atoms with E-state index in [2.05, 4.69) is 14.4 Å². The number of hydrogen-bond acceptors (Lipinski definition) is 5. The van der Waals surface area contributed by atoms with E-state index in [-0.39, 0.29) is 18.1 Å². The maximum atomic E-state index is 11.7. The van der Waals surface area contributed by atoms with Crippen LogP contribution in [0.5, 0.6) is 0 Å². The third-order valence-electron chi connectivity index (χ3n) is 3.23. The summed E-state index contributed by atoms with van der Waals surface area (Å²) in [5.74, 6) is -0.404. The molecular weight excluding hydrogens is 256 g/mol.